The number of aromatic carboxylic acids is 1. The molecule has 2 saturated heterocycles. The van der Waals surface area contributed by atoms with E-state index in [0.717, 1.165) is 123 Å². The van der Waals surface area contributed by atoms with E-state index in [4.69, 9.17) is 15.2 Å². The van der Waals surface area contributed by atoms with Crippen molar-refractivity contribution >= 4 is 62.7 Å². The number of carboxylic acid groups (broad SMARTS) is 1. The molecule has 1 saturated carbocycles. The van der Waals surface area contributed by atoms with Gasteiger partial charge in [-0.15, -0.1) is 0 Å². The molecule has 93 heavy (non-hydrogen) atoms. The van der Waals surface area contributed by atoms with Gasteiger partial charge in [0.15, 0.2) is 0 Å². The van der Waals surface area contributed by atoms with Gasteiger partial charge in [-0.1, -0.05) is 54.4 Å². The Morgan fingerprint density at radius 3 is 1.26 bits per heavy atom. The van der Waals surface area contributed by atoms with Crippen LogP contribution in [0.5, 0.6) is 0 Å². The number of benzene rings is 3. The second-order valence-electron chi connectivity index (χ2n) is 30.0. The van der Waals surface area contributed by atoms with E-state index in [2.05, 4.69) is 104 Å². The van der Waals surface area contributed by atoms with Gasteiger partial charge >= 0.3 is 18.2 Å². The van der Waals surface area contributed by atoms with Gasteiger partial charge in [0.25, 0.3) is 11.8 Å². The van der Waals surface area contributed by atoms with E-state index in [0.29, 0.717) is 43.2 Å². The van der Waals surface area contributed by atoms with Gasteiger partial charge in [-0.2, -0.15) is 15.3 Å². The van der Waals surface area contributed by atoms with Crippen molar-refractivity contribution in [3.8, 4) is 34.2 Å². The van der Waals surface area contributed by atoms with Gasteiger partial charge < -0.3 is 55.7 Å². The molecule has 6 aromatic heterocycles. The van der Waals surface area contributed by atoms with Crippen molar-refractivity contribution < 1.29 is 38.6 Å². The minimum absolute atomic E-state index is 0.00892. The smallest absolute Gasteiger partial charge is 0.410 e. The first-order valence-corrected chi connectivity index (χ1v) is 32.5. The number of nitrogens with two attached hydrogens (primary N) is 1. The summed E-state index contributed by atoms with van der Waals surface area (Å²) in [6, 6.07) is 17.4. The Hall–Kier alpha value is -9.18. The average molecular weight is 1270 g/mol. The number of H-pyrrole nitrogens is 6. The molecule has 11 N–H and O–H groups in total. The Balaban J connectivity index is 0.000000125. The lowest BCUT2D eigenvalue weighted by Crippen LogP contribution is -2.40. The molecule has 2 unspecified atom stereocenters. The average Bonchev–Trinajstić information content (AvgIpc) is 1.61. The van der Waals surface area contributed by atoms with E-state index >= 15 is 0 Å². The van der Waals surface area contributed by atoms with Gasteiger partial charge in [0, 0.05) is 105 Å². The fraction of sp³-hybridized carbons (Fsp3) is 0.465. The Morgan fingerprint density at radius 1 is 0.516 bits per heavy atom. The minimum Gasteiger partial charge on any atom is -0.478 e. The first-order chi connectivity index (χ1) is 43.9. The lowest BCUT2D eigenvalue weighted by atomic mass is 9.73. The van der Waals surface area contributed by atoms with Crippen LogP contribution < -0.4 is 16.4 Å². The van der Waals surface area contributed by atoms with Crippen LogP contribution in [0.15, 0.2) is 73.2 Å². The summed E-state index contributed by atoms with van der Waals surface area (Å²) >= 11 is 0. The predicted molar refractivity (Wildman–Crippen MR) is 359 cm³/mol. The van der Waals surface area contributed by atoms with Crippen LogP contribution in [0.4, 0.5) is 9.59 Å². The molecule has 9 aromatic rings. The van der Waals surface area contributed by atoms with E-state index in [-0.39, 0.29) is 52.3 Å². The molecular weight excluding hydrogens is 1180 g/mol. The van der Waals surface area contributed by atoms with E-state index < -0.39 is 17.2 Å². The fourth-order valence-corrected chi connectivity index (χ4v) is 14.6. The van der Waals surface area contributed by atoms with Crippen molar-refractivity contribution in [1.82, 2.24) is 66.0 Å². The number of fused-ring (bicyclic) bond motifs is 15. The lowest BCUT2D eigenvalue weighted by molar-refractivity contribution is 0.0281. The van der Waals surface area contributed by atoms with Crippen LogP contribution in [0, 0.1) is 0 Å². The molecule has 22 nitrogen and oxygen atoms in total. The number of amides is 4. The standard InChI is InChI=1S/C25H31N5O3.C21H24N4O.C16H15N3O2.C9H18N2O2/c1-24(2,3)33-23(32)30-9-8-16(13-30)27-22(31)14-6-7-18-17(10-14)19-21(28-18)20-15(12-26-29-20)11-25(19,4)5;1-21(2)10-13-11-22-25-18(13)19-17(21)15-9-12(7-8-16(15)24-19)20(26)23-14-5-3-4-6-14;1-16(2)6-9-7-17-19-13(9)14-12(16)10-5-8(15(20)21)3-4-11(10)18-14;1-9(2,3)13-8(12)11-5-4-7(10)6-11/h6-7,10,12,16,28H,8-9,11,13H2,1-5H3,(H,26,29)(H,27,31);7-9,11,14,24H,3-6,10H2,1-2H3,(H,22,25)(H,23,26);3-5,7,18H,6H2,1-2H3,(H,17,19)(H,20,21);7H,4-6,10H2,1-3H3. The van der Waals surface area contributed by atoms with Crippen LogP contribution in [0.3, 0.4) is 0 Å². The molecule has 3 fully saturated rings. The van der Waals surface area contributed by atoms with Crippen molar-refractivity contribution in [3.05, 3.63) is 123 Å². The summed E-state index contributed by atoms with van der Waals surface area (Å²) in [5.74, 6) is -0.981. The molecule has 2 atom stereocenters. The zero-order valence-corrected chi connectivity index (χ0v) is 55.5. The summed E-state index contributed by atoms with van der Waals surface area (Å²) in [7, 11) is 0. The number of likely N-dealkylation sites (tertiary alicyclic amines) is 2. The second-order valence-corrected chi connectivity index (χ2v) is 30.0. The summed E-state index contributed by atoms with van der Waals surface area (Å²) < 4.78 is 10.7. The van der Waals surface area contributed by atoms with Gasteiger partial charge in [0.2, 0.25) is 0 Å². The van der Waals surface area contributed by atoms with Crippen LogP contribution in [-0.2, 0) is 45.0 Å². The molecule has 0 radical (unpaired) electrons. The van der Waals surface area contributed by atoms with Crippen LogP contribution >= 0.6 is 0 Å². The molecule has 3 aromatic carbocycles. The number of aromatic nitrogens is 9. The lowest BCUT2D eigenvalue weighted by Gasteiger charge is -2.30. The Morgan fingerprint density at radius 2 is 0.882 bits per heavy atom. The van der Waals surface area contributed by atoms with Crippen LogP contribution in [0.1, 0.15) is 186 Å². The van der Waals surface area contributed by atoms with Crippen molar-refractivity contribution in [2.75, 3.05) is 26.2 Å². The number of carbonyl (C=O) groups excluding carboxylic acids is 4. The Labute approximate surface area is 540 Å². The molecule has 0 bridgehead atoms. The van der Waals surface area contributed by atoms with E-state index in [1.807, 2.05) is 96.5 Å². The van der Waals surface area contributed by atoms with Gasteiger partial charge in [-0.05, 0) is 174 Å². The molecule has 15 rings (SSSR count). The Kier molecular flexibility index (Phi) is 16.5. The highest BCUT2D eigenvalue weighted by Crippen LogP contribution is 2.49. The summed E-state index contributed by atoms with van der Waals surface area (Å²) in [5, 5.41) is 40.6. The van der Waals surface area contributed by atoms with Gasteiger partial charge in [0.1, 0.15) is 11.2 Å². The largest absolute Gasteiger partial charge is 0.478 e. The summed E-state index contributed by atoms with van der Waals surface area (Å²) in [6.45, 7) is 26.9. The number of hydrogen-bond donors (Lipinski definition) is 10. The monoisotopic (exact) mass is 1260 g/mol. The predicted octanol–water partition coefficient (Wildman–Crippen LogP) is 12.2. The topological polar surface area (TPSA) is 314 Å². The first-order valence-electron chi connectivity index (χ1n) is 32.5. The van der Waals surface area contributed by atoms with Crippen molar-refractivity contribution in [3.63, 3.8) is 0 Å². The van der Waals surface area contributed by atoms with E-state index in [9.17, 15) is 29.1 Å². The highest BCUT2D eigenvalue weighted by atomic mass is 16.6. The summed E-state index contributed by atoms with van der Waals surface area (Å²) in [6.07, 6.45) is 14.0. The Bertz CT molecular complexity index is 4360. The third-order valence-corrected chi connectivity index (χ3v) is 18.7. The molecule has 8 heterocycles. The molecule has 2 aliphatic heterocycles. The molecule has 22 heteroatoms. The highest BCUT2D eigenvalue weighted by Gasteiger charge is 2.40. The maximum absolute atomic E-state index is 13.1. The molecule has 490 valence electrons. The van der Waals surface area contributed by atoms with Crippen molar-refractivity contribution in [1.29, 1.82) is 0 Å². The van der Waals surface area contributed by atoms with Crippen LogP contribution in [0.25, 0.3) is 66.9 Å². The summed E-state index contributed by atoms with van der Waals surface area (Å²) in [4.78, 5) is 74.6. The third-order valence-electron chi connectivity index (χ3n) is 18.7. The number of carboxylic acids is 1. The SMILES string of the molecule is CC(C)(C)OC(=O)N1CCC(N)C1.CC(C)(C)OC(=O)N1CCC(NC(=O)c2ccc3[nH]c4c(c3c2)C(C)(C)Cc2cn[nH]c2-4)C1.CC1(C)Cc2cn[nH]c2-c2[nH]c3ccc(C(=O)NC4CCCC4)cc3c21.CC1(C)Cc2cn[nH]c2-c2[nH]c3ccc(C(=O)O)cc3c21. The zero-order chi connectivity index (χ0) is 66.3. The second kappa shape index (κ2) is 24.1. The van der Waals surface area contributed by atoms with Crippen molar-refractivity contribution in [2.45, 2.75) is 186 Å². The van der Waals surface area contributed by atoms with Gasteiger partial charge in [-0.3, -0.25) is 24.9 Å². The maximum atomic E-state index is 13.1. The number of nitrogens with zero attached hydrogens (tertiary/aromatic N) is 5. The van der Waals surface area contributed by atoms with E-state index in [1.165, 1.54) is 40.7 Å². The van der Waals surface area contributed by atoms with Crippen LogP contribution in [-0.4, -0.2) is 146 Å². The number of aromatic amines is 6. The van der Waals surface area contributed by atoms with Gasteiger partial charge in [-0.25, -0.2) is 14.4 Å². The van der Waals surface area contributed by atoms with E-state index in [1.54, 1.807) is 21.9 Å². The highest BCUT2D eigenvalue weighted by molar-refractivity contribution is 6.03. The number of rotatable bonds is 5. The van der Waals surface area contributed by atoms with Crippen molar-refractivity contribution in [2.24, 2.45) is 5.73 Å². The normalized spacial score (nSPS) is 18.9. The molecule has 6 aliphatic rings. The molecule has 0 spiro atoms. The number of nitrogens with one attached hydrogen (secondary N) is 8. The fourth-order valence-electron chi connectivity index (χ4n) is 14.6. The summed E-state index contributed by atoms with van der Waals surface area (Å²) in [5.41, 5.74) is 22.9. The number of ether oxygens (including phenoxy) is 2. The molecule has 4 aliphatic carbocycles. The molecule has 4 amide bonds. The zero-order valence-electron chi connectivity index (χ0n) is 55.5. The third kappa shape index (κ3) is 13.0. The first kappa shape index (κ1) is 63.9. The van der Waals surface area contributed by atoms with Gasteiger partial charge in [0.05, 0.1) is 58.3 Å². The quantitative estimate of drug-likeness (QED) is 0.0769. The number of carbonyl (C=O) groups is 5. The maximum Gasteiger partial charge on any atom is 0.410 e. The van der Waals surface area contributed by atoms with Crippen LogP contribution in [0.2, 0.25) is 0 Å². The molecular formula is C71H88N14O8. The number of hydrogen-bond acceptors (Lipinski definition) is 11. The minimum atomic E-state index is -0.900.